The summed E-state index contributed by atoms with van der Waals surface area (Å²) in [7, 11) is 0. The molecule has 1 amide bonds. The zero-order valence-corrected chi connectivity index (χ0v) is 17.7. The molecule has 1 aliphatic heterocycles. The highest BCUT2D eigenvalue weighted by Crippen LogP contribution is 2.29. The summed E-state index contributed by atoms with van der Waals surface area (Å²) in [5, 5.41) is 0. The minimum atomic E-state index is 0.267. The molecule has 2 fully saturated rings. The topological polar surface area (TPSA) is 49.3 Å². The molecule has 4 rings (SSSR count). The van der Waals surface area contributed by atoms with Gasteiger partial charge in [-0.25, -0.2) is 9.97 Å². The van der Waals surface area contributed by atoms with Crippen LogP contribution in [-0.2, 0) is 17.6 Å². The van der Waals surface area contributed by atoms with Crippen LogP contribution < -0.4 is 4.90 Å². The first-order valence-electron chi connectivity index (χ1n) is 11.1. The van der Waals surface area contributed by atoms with Gasteiger partial charge in [-0.1, -0.05) is 50.1 Å². The lowest BCUT2D eigenvalue weighted by atomic mass is 10.0. The third-order valence-corrected chi connectivity index (χ3v) is 6.34. The highest BCUT2D eigenvalue weighted by atomic mass is 16.2. The van der Waals surface area contributed by atoms with Crippen molar-refractivity contribution in [3.63, 3.8) is 0 Å². The van der Waals surface area contributed by atoms with Crippen LogP contribution in [0.2, 0.25) is 0 Å². The summed E-state index contributed by atoms with van der Waals surface area (Å²) in [5.41, 5.74) is 3.66. The van der Waals surface area contributed by atoms with Crippen molar-refractivity contribution < 1.29 is 4.79 Å². The van der Waals surface area contributed by atoms with Gasteiger partial charge in [0, 0.05) is 49.8 Å². The smallest absolute Gasteiger partial charge is 0.225 e. The molecule has 5 heteroatoms. The Balaban J connectivity index is 1.53. The van der Waals surface area contributed by atoms with Crippen molar-refractivity contribution in [3.8, 4) is 0 Å². The van der Waals surface area contributed by atoms with Gasteiger partial charge in [0.15, 0.2) is 0 Å². The van der Waals surface area contributed by atoms with E-state index in [0.717, 1.165) is 69.2 Å². The molecule has 1 saturated carbocycles. The molecule has 0 spiro atoms. The number of piperazine rings is 1. The van der Waals surface area contributed by atoms with Crippen molar-refractivity contribution in [3.05, 3.63) is 53.0 Å². The van der Waals surface area contributed by atoms with Gasteiger partial charge in [-0.3, -0.25) is 4.79 Å². The van der Waals surface area contributed by atoms with E-state index in [4.69, 9.17) is 9.97 Å². The number of carbonyl (C=O) groups excluding carboxylic acids is 1. The maximum atomic E-state index is 12.8. The molecule has 1 aliphatic carbocycles. The van der Waals surface area contributed by atoms with Crippen molar-refractivity contribution in [1.29, 1.82) is 0 Å². The number of rotatable bonds is 5. The molecule has 0 bridgehead atoms. The number of benzene rings is 1. The lowest BCUT2D eigenvalue weighted by Crippen LogP contribution is -2.50. The van der Waals surface area contributed by atoms with Gasteiger partial charge in [-0.2, -0.15) is 0 Å². The average molecular weight is 393 g/mol. The van der Waals surface area contributed by atoms with Crippen LogP contribution in [-0.4, -0.2) is 47.0 Å². The molecule has 2 aliphatic rings. The molecule has 0 N–H and O–H groups in total. The van der Waals surface area contributed by atoms with E-state index in [1.54, 1.807) is 0 Å². The SMILES string of the molecule is CCc1nc(C)nc(N2CCN(C(=O)C3CCCC3)CC2)c1Cc1ccccc1. The Morgan fingerprint density at radius 2 is 1.72 bits per heavy atom. The second-order valence-corrected chi connectivity index (χ2v) is 8.33. The Labute approximate surface area is 174 Å². The molecule has 1 aromatic heterocycles. The fourth-order valence-corrected chi connectivity index (χ4v) is 4.74. The van der Waals surface area contributed by atoms with Gasteiger partial charge in [0.1, 0.15) is 11.6 Å². The highest BCUT2D eigenvalue weighted by molar-refractivity contribution is 5.79. The molecule has 2 aromatic rings. The van der Waals surface area contributed by atoms with Gasteiger partial charge in [0.25, 0.3) is 0 Å². The maximum absolute atomic E-state index is 12.8. The predicted molar refractivity (Wildman–Crippen MR) is 116 cm³/mol. The Morgan fingerprint density at radius 3 is 2.38 bits per heavy atom. The molecule has 29 heavy (non-hydrogen) atoms. The van der Waals surface area contributed by atoms with E-state index in [9.17, 15) is 4.79 Å². The van der Waals surface area contributed by atoms with E-state index in [1.807, 2.05) is 6.92 Å². The first-order chi connectivity index (χ1) is 14.2. The standard InChI is InChI=1S/C24H32N4O/c1-3-22-21(17-19-9-5-4-6-10-19)23(26-18(2)25-22)27-13-15-28(16-14-27)24(29)20-11-7-8-12-20/h4-6,9-10,20H,3,7-8,11-17H2,1-2H3. The van der Waals surface area contributed by atoms with Gasteiger partial charge in [0.2, 0.25) is 5.91 Å². The van der Waals surface area contributed by atoms with Crippen LogP contribution in [0.1, 0.15) is 55.3 Å². The Morgan fingerprint density at radius 1 is 1.03 bits per heavy atom. The molecule has 0 radical (unpaired) electrons. The Hall–Kier alpha value is -2.43. The van der Waals surface area contributed by atoms with E-state index in [-0.39, 0.29) is 5.92 Å². The minimum absolute atomic E-state index is 0.267. The minimum Gasteiger partial charge on any atom is -0.353 e. The zero-order valence-electron chi connectivity index (χ0n) is 17.7. The summed E-state index contributed by atoms with van der Waals surface area (Å²) in [4.78, 5) is 26.8. The monoisotopic (exact) mass is 392 g/mol. The van der Waals surface area contributed by atoms with E-state index < -0.39 is 0 Å². The van der Waals surface area contributed by atoms with Crippen molar-refractivity contribution in [2.24, 2.45) is 5.92 Å². The number of hydrogen-bond acceptors (Lipinski definition) is 4. The first-order valence-corrected chi connectivity index (χ1v) is 11.1. The summed E-state index contributed by atoms with van der Waals surface area (Å²) < 4.78 is 0. The second kappa shape index (κ2) is 8.93. The van der Waals surface area contributed by atoms with E-state index in [0.29, 0.717) is 5.91 Å². The van der Waals surface area contributed by atoms with Crippen LogP contribution >= 0.6 is 0 Å². The number of amides is 1. The number of carbonyl (C=O) groups is 1. The molecule has 1 saturated heterocycles. The van der Waals surface area contributed by atoms with E-state index in [1.165, 1.54) is 24.0 Å². The van der Waals surface area contributed by atoms with Crippen molar-refractivity contribution >= 4 is 11.7 Å². The van der Waals surface area contributed by atoms with Gasteiger partial charge in [0.05, 0.1) is 0 Å². The third-order valence-electron chi connectivity index (χ3n) is 6.34. The molecular weight excluding hydrogens is 360 g/mol. The number of nitrogens with zero attached hydrogens (tertiary/aromatic N) is 4. The van der Waals surface area contributed by atoms with Crippen LogP contribution in [0, 0.1) is 12.8 Å². The fourth-order valence-electron chi connectivity index (χ4n) is 4.74. The second-order valence-electron chi connectivity index (χ2n) is 8.33. The third kappa shape index (κ3) is 4.44. The lowest BCUT2D eigenvalue weighted by molar-refractivity contribution is -0.135. The molecular formula is C24H32N4O. The molecule has 0 unspecified atom stereocenters. The van der Waals surface area contributed by atoms with Gasteiger partial charge >= 0.3 is 0 Å². The summed E-state index contributed by atoms with van der Waals surface area (Å²) in [6.07, 6.45) is 6.31. The zero-order chi connectivity index (χ0) is 20.2. The first kappa shape index (κ1) is 19.9. The van der Waals surface area contributed by atoms with Crippen molar-refractivity contribution in [2.45, 2.75) is 52.4 Å². The molecule has 1 aromatic carbocycles. The molecule has 2 heterocycles. The maximum Gasteiger partial charge on any atom is 0.225 e. The fraction of sp³-hybridized carbons (Fsp3) is 0.542. The number of aromatic nitrogens is 2. The Kier molecular flexibility index (Phi) is 6.12. The van der Waals surface area contributed by atoms with Crippen LogP contribution in [0.5, 0.6) is 0 Å². The summed E-state index contributed by atoms with van der Waals surface area (Å²) in [5.74, 6) is 2.53. The van der Waals surface area contributed by atoms with Crippen LogP contribution in [0.15, 0.2) is 30.3 Å². The van der Waals surface area contributed by atoms with Crippen molar-refractivity contribution in [2.75, 3.05) is 31.1 Å². The lowest BCUT2D eigenvalue weighted by Gasteiger charge is -2.37. The van der Waals surface area contributed by atoms with E-state index in [2.05, 4.69) is 47.1 Å². The number of anilines is 1. The molecule has 154 valence electrons. The summed E-state index contributed by atoms with van der Waals surface area (Å²) in [6.45, 7) is 7.43. The van der Waals surface area contributed by atoms with Gasteiger partial charge in [-0.15, -0.1) is 0 Å². The van der Waals surface area contributed by atoms with Crippen LogP contribution in [0.25, 0.3) is 0 Å². The van der Waals surface area contributed by atoms with E-state index >= 15 is 0 Å². The normalized spacial score (nSPS) is 17.7. The highest BCUT2D eigenvalue weighted by Gasteiger charge is 2.30. The number of aryl methyl sites for hydroxylation is 2. The van der Waals surface area contributed by atoms with Gasteiger partial charge in [-0.05, 0) is 31.7 Å². The predicted octanol–water partition coefficient (Wildman–Crippen LogP) is 3.78. The largest absolute Gasteiger partial charge is 0.353 e. The number of hydrogen-bond donors (Lipinski definition) is 0. The van der Waals surface area contributed by atoms with Crippen molar-refractivity contribution in [1.82, 2.24) is 14.9 Å². The van der Waals surface area contributed by atoms with Crippen LogP contribution in [0.3, 0.4) is 0 Å². The summed E-state index contributed by atoms with van der Waals surface area (Å²) >= 11 is 0. The summed E-state index contributed by atoms with van der Waals surface area (Å²) in [6, 6.07) is 10.6. The quantitative estimate of drug-likeness (QED) is 0.777. The van der Waals surface area contributed by atoms with Crippen LogP contribution in [0.4, 0.5) is 5.82 Å². The Bertz CT molecular complexity index is 837. The molecule has 0 atom stereocenters. The van der Waals surface area contributed by atoms with Gasteiger partial charge < -0.3 is 9.80 Å². The molecule has 5 nitrogen and oxygen atoms in total. The average Bonchev–Trinajstić information content (AvgIpc) is 3.30.